The first-order chi connectivity index (χ1) is 9.75. The summed E-state index contributed by atoms with van der Waals surface area (Å²) < 4.78 is 5.28. The summed E-state index contributed by atoms with van der Waals surface area (Å²) in [6, 6.07) is 3.47. The SMILES string of the molecule is Nc1nc(N2CCOCC2)[nH]c(=O)c1-c1ccncc1. The summed E-state index contributed by atoms with van der Waals surface area (Å²) in [4.78, 5) is 25.2. The Morgan fingerprint density at radius 3 is 2.60 bits per heavy atom. The molecule has 3 N–H and O–H groups in total. The van der Waals surface area contributed by atoms with Gasteiger partial charge in [-0.1, -0.05) is 0 Å². The predicted molar refractivity (Wildman–Crippen MR) is 75.5 cm³/mol. The van der Waals surface area contributed by atoms with Gasteiger partial charge in [0.15, 0.2) is 0 Å². The minimum atomic E-state index is -0.245. The Labute approximate surface area is 115 Å². The number of nitrogen functional groups attached to an aromatic ring is 1. The first kappa shape index (κ1) is 12.6. The lowest BCUT2D eigenvalue weighted by atomic mass is 10.1. The average molecular weight is 273 g/mol. The van der Waals surface area contributed by atoms with Crippen molar-refractivity contribution in [2.45, 2.75) is 0 Å². The number of nitrogens with two attached hydrogens (primary N) is 1. The fraction of sp³-hybridized carbons (Fsp3) is 0.308. The number of aromatic amines is 1. The molecular formula is C13H15N5O2. The van der Waals surface area contributed by atoms with E-state index in [4.69, 9.17) is 10.5 Å². The van der Waals surface area contributed by atoms with Crippen LogP contribution in [0, 0.1) is 0 Å². The highest BCUT2D eigenvalue weighted by Crippen LogP contribution is 2.21. The Morgan fingerprint density at radius 2 is 1.95 bits per heavy atom. The molecule has 104 valence electrons. The number of H-pyrrole nitrogens is 1. The van der Waals surface area contributed by atoms with Gasteiger partial charge in [0.25, 0.3) is 5.56 Å². The van der Waals surface area contributed by atoms with Crippen molar-refractivity contribution in [1.82, 2.24) is 15.0 Å². The van der Waals surface area contributed by atoms with E-state index >= 15 is 0 Å². The van der Waals surface area contributed by atoms with Gasteiger partial charge in [-0.3, -0.25) is 14.8 Å². The Morgan fingerprint density at radius 1 is 1.25 bits per heavy atom. The highest BCUT2D eigenvalue weighted by Gasteiger charge is 2.17. The maximum atomic E-state index is 12.3. The molecule has 0 saturated carbocycles. The number of anilines is 2. The van der Waals surface area contributed by atoms with Crippen LogP contribution in [0.3, 0.4) is 0 Å². The molecule has 3 heterocycles. The molecule has 0 bridgehead atoms. The van der Waals surface area contributed by atoms with Crippen LogP contribution in [0.25, 0.3) is 11.1 Å². The van der Waals surface area contributed by atoms with E-state index in [2.05, 4.69) is 15.0 Å². The van der Waals surface area contributed by atoms with Gasteiger partial charge in [-0.05, 0) is 17.7 Å². The summed E-state index contributed by atoms with van der Waals surface area (Å²) in [5.74, 6) is 0.718. The maximum Gasteiger partial charge on any atom is 0.262 e. The van der Waals surface area contributed by atoms with Crippen molar-refractivity contribution in [2.75, 3.05) is 36.9 Å². The van der Waals surface area contributed by atoms with Crippen LogP contribution in [0.1, 0.15) is 0 Å². The monoisotopic (exact) mass is 273 g/mol. The lowest BCUT2D eigenvalue weighted by Crippen LogP contribution is -2.38. The number of nitrogens with zero attached hydrogens (tertiary/aromatic N) is 3. The summed E-state index contributed by atoms with van der Waals surface area (Å²) >= 11 is 0. The van der Waals surface area contributed by atoms with Crippen LogP contribution in [0.15, 0.2) is 29.3 Å². The number of aromatic nitrogens is 3. The number of hydrogen-bond acceptors (Lipinski definition) is 6. The molecule has 1 aliphatic rings. The highest BCUT2D eigenvalue weighted by molar-refractivity contribution is 5.73. The number of ether oxygens (including phenoxy) is 1. The first-order valence-corrected chi connectivity index (χ1v) is 6.38. The van der Waals surface area contributed by atoms with Crippen molar-refractivity contribution in [2.24, 2.45) is 0 Å². The van der Waals surface area contributed by atoms with Crippen molar-refractivity contribution >= 4 is 11.8 Å². The maximum absolute atomic E-state index is 12.3. The molecule has 0 aromatic carbocycles. The molecule has 0 atom stereocenters. The second-order valence-electron chi connectivity index (χ2n) is 4.49. The minimum Gasteiger partial charge on any atom is -0.383 e. The van der Waals surface area contributed by atoms with E-state index in [0.717, 1.165) is 0 Å². The molecule has 0 amide bonds. The number of morpholine rings is 1. The molecule has 7 nitrogen and oxygen atoms in total. The van der Waals surface area contributed by atoms with Crippen LogP contribution < -0.4 is 16.2 Å². The van der Waals surface area contributed by atoms with E-state index in [1.807, 2.05) is 4.90 Å². The van der Waals surface area contributed by atoms with Crippen molar-refractivity contribution in [3.63, 3.8) is 0 Å². The van der Waals surface area contributed by atoms with Crippen molar-refractivity contribution in [3.8, 4) is 11.1 Å². The third-order valence-electron chi connectivity index (χ3n) is 3.21. The molecule has 0 aliphatic carbocycles. The Kier molecular flexibility index (Phi) is 3.34. The molecule has 7 heteroatoms. The number of nitrogens with one attached hydrogen (secondary N) is 1. The van der Waals surface area contributed by atoms with Crippen LogP contribution in [0.4, 0.5) is 11.8 Å². The first-order valence-electron chi connectivity index (χ1n) is 6.38. The number of rotatable bonds is 2. The van der Waals surface area contributed by atoms with Gasteiger partial charge in [-0.15, -0.1) is 0 Å². The average Bonchev–Trinajstić information content (AvgIpc) is 2.48. The zero-order valence-corrected chi connectivity index (χ0v) is 10.9. The van der Waals surface area contributed by atoms with E-state index in [0.29, 0.717) is 43.4 Å². The molecule has 3 rings (SSSR count). The zero-order valence-electron chi connectivity index (χ0n) is 10.9. The van der Waals surface area contributed by atoms with Crippen molar-refractivity contribution in [3.05, 3.63) is 34.9 Å². The second-order valence-corrected chi connectivity index (χ2v) is 4.49. The van der Waals surface area contributed by atoms with E-state index in [9.17, 15) is 4.79 Å². The van der Waals surface area contributed by atoms with Crippen LogP contribution in [0.5, 0.6) is 0 Å². The lowest BCUT2D eigenvalue weighted by Gasteiger charge is -2.27. The van der Waals surface area contributed by atoms with Crippen molar-refractivity contribution in [1.29, 1.82) is 0 Å². The smallest absolute Gasteiger partial charge is 0.262 e. The van der Waals surface area contributed by atoms with Crippen LogP contribution in [0.2, 0.25) is 0 Å². The fourth-order valence-corrected chi connectivity index (χ4v) is 2.20. The summed E-state index contributed by atoms with van der Waals surface area (Å²) in [6.45, 7) is 2.62. The Balaban J connectivity index is 2.01. The standard InChI is InChI=1S/C13H15N5O2/c14-11-10(9-1-3-15-4-2-9)12(19)17-13(16-11)18-5-7-20-8-6-18/h1-4H,5-8H2,(H3,14,16,17,19). The molecule has 2 aromatic heterocycles. The summed E-state index contributed by atoms with van der Waals surface area (Å²) in [5.41, 5.74) is 6.79. The Bertz CT molecular complexity index is 650. The molecule has 1 saturated heterocycles. The molecule has 0 spiro atoms. The molecular weight excluding hydrogens is 258 g/mol. The van der Waals surface area contributed by atoms with Gasteiger partial charge in [-0.25, -0.2) is 0 Å². The van der Waals surface area contributed by atoms with Gasteiger partial charge in [-0.2, -0.15) is 4.98 Å². The summed E-state index contributed by atoms with van der Waals surface area (Å²) in [6.07, 6.45) is 3.23. The van der Waals surface area contributed by atoms with Gasteiger partial charge in [0, 0.05) is 25.5 Å². The summed E-state index contributed by atoms with van der Waals surface area (Å²) in [7, 11) is 0. The van der Waals surface area contributed by atoms with Gasteiger partial charge in [0.2, 0.25) is 5.95 Å². The third kappa shape index (κ3) is 2.35. The third-order valence-corrected chi connectivity index (χ3v) is 3.21. The number of hydrogen-bond donors (Lipinski definition) is 2. The Hall–Kier alpha value is -2.41. The molecule has 20 heavy (non-hydrogen) atoms. The highest BCUT2D eigenvalue weighted by atomic mass is 16.5. The zero-order chi connectivity index (χ0) is 13.9. The quantitative estimate of drug-likeness (QED) is 0.814. The van der Waals surface area contributed by atoms with Gasteiger partial charge >= 0.3 is 0 Å². The normalized spacial score (nSPS) is 15.3. The molecule has 0 unspecified atom stereocenters. The second kappa shape index (κ2) is 5.30. The van der Waals surface area contributed by atoms with Crippen molar-refractivity contribution < 1.29 is 4.74 Å². The lowest BCUT2D eigenvalue weighted by molar-refractivity contribution is 0.122. The predicted octanol–water partition coefficient (Wildman–Crippen LogP) is 0.251. The van der Waals surface area contributed by atoms with E-state index in [1.165, 1.54) is 0 Å². The van der Waals surface area contributed by atoms with E-state index in [-0.39, 0.29) is 11.4 Å². The number of pyridine rings is 1. The largest absolute Gasteiger partial charge is 0.383 e. The van der Waals surface area contributed by atoms with Crippen LogP contribution >= 0.6 is 0 Å². The summed E-state index contributed by atoms with van der Waals surface area (Å²) in [5, 5.41) is 0. The van der Waals surface area contributed by atoms with Gasteiger partial charge in [0.1, 0.15) is 5.82 Å². The van der Waals surface area contributed by atoms with E-state index in [1.54, 1.807) is 24.5 Å². The van der Waals surface area contributed by atoms with Gasteiger partial charge in [0.05, 0.1) is 18.8 Å². The van der Waals surface area contributed by atoms with E-state index < -0.39 is 0 Å². The van der Waals surface area contributed by atoms with Crippen LogP contribution in [-0.2, 0) is 4.74 Å². The van der Waals surface area contributed by atoms with Crippen LogP contribution in [-0.4, -0.2) is 41.3 Å². The molecule has 0 radical (unpaired) electrons. The molecule has 1 fully saturated rings. The topological polar surface area (TPSA) is 97.1 Å². The molecule has 1 aliphatic heterocycles. The minimum absolute atomic E-state index is 0.224. The molecule has 2 aromatic rings. The fourth-order valence-electron chi connectivity index (χ4n) is 2.20. The van der Waals surface area contributed by atoms with Gasteiger partial charge < -0.3 is 15.4 Å².